The smallest absolute Gasteiger partial charge is 0.0781 e. The highest BCUT2D eigenvalue weighted by Gasteiger charge is 2.01. The summed E-state index contributed by atoms with van der Waals surface area (Å²) in [6.07, 6.45) is 2.13. The zero-order chi connectivity index (χ0) is 12.9. The lowest BCUT2D eigenvalue weighted by atomic mass is 10.3. The fraction of sp³-hybridized carbons (Fsp3) is 1.00. The Kier molecular flexibility index (Phi) is 16.6. The van der Waals surface area contributed by atoms with Crippen molar-refractivity contribution in [3.05, 3.63) is 0 Å². The summed E-state index contributed by atoms with van der Waals surface area (Å²) in [5.74, 6) is 0. The van der Waals surface area contributed by atoms with Crippen molar-refractivity contribution in [1.82, 2.24) is 0 Å². The largest absolute Gasteiger partial charge is 0.380 e. The van der Waals surface area contributed by atoms with Crippen LogP contribution in [0.25, 0.3) is 0 Å². The van der Waals surface area contributed by atoms with Gasteiger partial charge in [0.25, 0.3) is 0 Å². The Morgan fingerprint density at radius 2 is 1.50 bits per heavy atom. The molecule has 0 amide bonds. The summed E-state index contributed by atoms with van der Waals surface area (Å²) in [7, 11) is 0. The van der Waals surface area contributed by atoms with Gasteiger partial charge < -0.3 is 25.7 Å². The third kappa shape index (κ3) is 15.8. The van der Waals surface area contributed by atoms with Crippen molar-refractivity contribution in [2.75, 3.05) is 39.6 Å². The number of nitrogens with two attached hydrogens (primary N) is 2. The van der Waals surface area contributed by atoms with Gasteiger partial charge in [-0.15, -0.1) is 0 Å². The molecule has 0 heterocycles. The van der Waals surface area contributed by atoms with Gasteiger partial charge in [-0.3, -0.25) is 0 Å². The van der Waals surface area contributed by atoms with Crippen LogP contribution in [0.5, 0.6) is 0 Å². The molecule has 0 bridgehead atoms. The van der Waals surface area contributed by atoms with E-state index in [1.807, 2.05) is 13.8 Å². The van der Waals surface area contributed by atoms with E-state index in [-0.39, 0.29) is 19.6 Å². The molecular weight excluding hydrogens is 232 g/mol. The molecule has 4 N–H and O–H groups in total. The molecule has 0 saturated heterocycles. The van der Waals surface area contributed by atoms with Crippen molar-refractivity contribution in [2.24, 2.45) is 11.5 Å². The Morgan fingerprint density at radius 1 is 0.944 bits per heavy atom. The van der Waals surface area contributed by atoms with Gasteiger partial charge in [0.15, 0.2) is 0 Å². The molecule has 5 nitrogen and oxygen atoms in total. The van der Waals surface area contributed by atoms with Crippen LogP contribution in [0.1, 0.15) is 34.1 Å². The fourth-order valence-electron chi connectivity index (χ4n) is 1.24. The monoisotopic (exact) mass is 264 g/mol. The van der Waals surface area contributed by atoms with E-state index in [1.165, 1.54) is 0 Å². The van der Waals surface area contributed by atoms with Crippen molar-refractivity contribution >= 4 is 0 Å². The highest BCUT2D eigenvalue weighted by atomic mass is 16.5. The van der Waals surface area contributed by atoms with E-state index < -0.39 is 0 Å². The molecule has 0 saturated carbocycles. The van der Waals surface area contributed by atoms with Crippen molar-refractivity contribution in [3.8, 4) is 0 Å². The molecule has 0 aromatic rings. The molecule has 0 radical (unpaired) electrons. The predicted octanol–water partition coefficient (Wildman–Crippen LogP) is 1.15. The standard InChI is InChI=1S/C12H28N2O3.CH4/c1-11(14)9-15-6-3-4-7-16-10-12(2)17-8-5-13;/h11-12H,3-10,13-14H2,1-2H3;1H4. The molecule has 18 heavy (non-hydrogen) atoms. The van der Waals surface area contributed by atoms with Gasteiger partial charge in [0.2, 0.25) is 0 Å². The quantitative estimate of drug-likeness (QED) is 0.517. The summed E-state index contributed by atoms with van der Waals surface area (Å²) in [4.78, 5) is 0. The summed E-state index contributed by atoms with van der Waals surface area (Å²) in [6.45, 7) is 7.83. The van der Waals surface area contributed by atoms with Crippen molar-refractivity contribution in [2.45, 2.75) is 46.3 Å². The molecule has 2 atom stereocenters. The lowest BCUT2D eigenvalue weighted by Gasteiger charge is -2.12. The molecule has 0 aromatic heterocycles. The molecular formula is C13H32N2O3. The van der Waals surface area contributed by atoms with Gasteiger partial charge in [0.05, 0.1) is 25.9 Å². The Bertz CT molecular complexity index is 157. The Hall–Kier alpha value is -0.200. The molecule has 0 rings (SSSR count). The van der Waals surface area contributed by atoms with Gasteiger partial charge in [-0.1, -0.05) is 7.43 Å². The lowest BCUT2D eigenvalue weighted by molar-refractivity contribution is -0.00563. The Morgan fingerprint density at radius 3 is 2.00 bits per heavy atom. The minimum atomic E-state index is 0. The van der Waals surface area contributed by atoms with Crippen LogP contribution >= 0.6 is 0 Å². The van der Waals surface area contributed by atoms with Gasteiger partial charge in [0, 0.05) is 25.8 Å². The molecule has 2 unspecified atom stereocenters. The van der Waals surface area contributed by atoms with E-state index in [4.69, 9.17) is 25.7 Å². The molecule has 0 aliphatic carbocycles. The summed E-state index contributed by atoms with van der Waals surface area (Å²) in [6, 6.07) is 0.117. The molecule has 0 aliphatic heterocycles. The maximum atomic E-state index is 5.56. The number of unbranched alkanes of at least 4 members (excludes halogenated alkanes) is 1. The first-order valence-electron chi connectivity index (χ1n) is 6.39. The molecule has 0 spiro atoms. The second kappa shape index (κ2) is 14.9. The first-order chi connectivity index (χ1) is 8.16. The molecule has 112 valence electrons. The highest BCUT2D eigenvalue weighted by Crippen LogP contribution is 1.95. The summed E-state index contributed by atoms with van der Waals surface area (Å²) < 4.78 is 16.2. The van der Waals surface area contributed by atoms with Crippen LogP contribution in [0, 0.1) is 0 Å². The minimum absolute atomic E-state index is 0. The molecule has 0 fully saturated rings. The first kappa shape index (κ1) is 20.1. The van der Waals surface area contributed by atoms with E-state index in [1.54, 1.807) is 0 Å². The second-order valence-corrected chi connectivity index (χ2v) is 4.30. The van der Waals surface area contributed by atoms with E-state index in [0.717, 1.165) is 26.1 Å². The van der Waals surface area contributed by atoms with E-state index in [9.17, 15) is 0 Å². The third-order valence-corrected chi connectivity index (χ3v) is 2.08. The van der Waals surface area contributed by atoms with Gasteiger partial charge in [-0.2, -0.15) is 0 Å². The highest BCUT2D eigenvalue weighted by molar-refractivity contribution is 4.50. The van der Waals surface area contributed by atoms with Crippen molar-refractivity contribution in [1.29, 1.82) is 0 Å². The fourth-order valence-corrected chi connectivity index (χ4v) is 1.24. The summed E-state index contributed by atoms with van der Waals surface area (Å²) in [5, 5.41) is 0. The van der Waals surface area contributed by atoms with Gasteiger partial charge in [-0.05, 0) is 26.7 Å². The van der Waals surface area contributed by atoms with Crippen LogP contribution in [0.15, 0.2) is 0 Å². The maximum absolute atomic E-state index is 5.56. The second-order valence-electron chi connectivity index (χ2n) is 4.30. The van der Waals surface area contributed by atoms with Gasteiger partial charge in [0.1, 0.15) is 0 Å². The topological polar surface area (TPSA) is 79.7 Å². The number of hydrogen-bond donors (Lipinski definition) is 2. The van der Waals surface area contributed by atoms with Crippen LogP contribution in [0.2, 0.25) is 0 Å². The molecule has 0 aromatic carbocycles. The van der Waals surface area contributed by atoms with Crippen molar-refractivity contribution in [3.63, 3.8) is 0 Å². The summed E-state index contributed by atoms with van der Waals surface area (Å²) in [5.41, 5.74) is 10.9. The maximum Gasteiger partial charge on any atom is 0.0781 e. The Balaban J connectivity index is 0. The average molecular weight is 264 g/mol. The number of rotatable bonds is 12. The van der Waals surface area contributed by atoms with E-state index in [0.29, 0.717) is 26.4 Å². The molecule has 5 heteroatoms. The zero-order valence-electron chi connectivity index (χ0n) is 11.2. The van der Waals surface area contributed by atoms with Crippen LogP contribution < -0.4 is 11.5 Å². The van der Waals surface area contributed by atoms with Gasteiger partial charge >= 0.3 is 0 Å². The van der Waals surface area contributed by atoms with Crippen LogP contribution in [-0.4, -0.2) is 51.7 Å². The molecule has 0 aliphatic rings. The Labute approximate surface area is 112 Å². The first-order valence-corrected chi connectivity index (χ1v) is 6.39. The normalized spacial score (nSPS) is 14.0. The average Bonchev–Trinajstić information content (AvgIpc) is 2.29. The zero-order valence-corrected chi connectivity index (χ0v) is 11.2. The van der Waals surface area contributed by atoms with Crippen LogP contribution in [0.3, 0.4) is 0 Å². The number of hydrogen-bond acceptors (Lipinski definition) is 5. The SMILES string of the molecule is C.CC(N)COCCCCOCC(C)OCCN. The van der Waals surface area contributed by atoms with Crippen molar-refractivity contribution < 1.29 is 14.2 Å². The third-order valence-electron chi connectivity index (χ3n) is 2.08. The van der Waals surface area contributed by atoms with Gasteiger partial charge in [-0.25, -0.2) is 0 Å². The lowest BCUT2D eigenvalue weighted by Crippen LogP contribution is -2.22. The van der Waals surface area contributed by atoms with Crippen LogP contribution in [-0.2, 0) is 14.2 Å². The summed E-state index contributed by atoms with van der Waals surface area (Å²) >= 11 is 0. The van der Waals surface area contributed by atoms with E-state index >= 15 is 0 Å². The minimum Gasteiger partial charge on any atom is -0.380 e. The number of ether oxygens (including phenoxy) is 3. The van der Waals surface area contributed by atoms with Crippen LogP contribution in [0.4, 0.5) is 0 Å². The predicted molar refractivity (Wildman–Crippen MR) is 75.7 cm³/mol. The van der Waals surface area contributed by atoms with E-state index in [2.05, 4.69) is 0 Å².